The van der Waals surface area contributed by atoms with Crippen molar-refractivity contribution in [1.82, 2.24) is 4.90 Å². The minimum Gasteiger partial charge on any atom is -0.372 e. The highest BCUT2D eigenvalue weighted by Crippen LogP contribution is 2.34. The van der Waals surface area contributed by atoms with Crippen molar-refractivity contribution in [2.45, 2.75) is 38.3 Å². The Morgan fingerprint density at radius 1 is 1.23 bits per heavy atom. The van der Waals surface area contributed by atoms with Gasteiger partial charge in [0.25, 0.3) is 0 Å². The maximum Gasteiger partial charge on any atom is 0.248 e. The molecule has 22 heavy (non-hydrogen) atoms. The third kappa shape index (κ3) is 2.73. The molecule has 0 aliphatic carbocycles. The Morgan fingerprint density at radius 2 is 2.00 bits per heavy atom. The average molecular weight is 302 g/mol. The Kier molecular flexibility index (Phi) is 4.43. The summed E-state index contributed by atoms with van der Waals surface area (Å²) in [6.07, 6.45) is 2.09. The second-order valence-corrected chi connectivity index (χ2v) is 5.79. The number of carbonyl (C=O) groups is 2. The number of piperidine rings is 1. The number of ether oxygens (including phenoxy) is 1. The second-order valence-electron chi connectivity index (χ2n) is 5.79. The molecule has 0 spiro atoms. The fraction of sp³-hybridized carbons (Fsp3) is 0.529. The van der Waals surface area contributed by atoms with Gasteiger partial charge in [-0.3, -0.25) is 9.59 Å². The van der Waals surface area contributed by atoms with Crippen molar-refractivity contribution in [2.75, 3.05) is 24.7 Å². The van der Waals surface area contributed by atoms with Crippen LogP contribution in [-0.2, 0) is 14.3 Å². The van der Waals surface area contributed by atoms with Gasteiger partial charge in [-0.25, -0.2) is 0 Å². The van der Waals surface area contributed by atoms with E-state index in [0.29, 0.717) is 19.6 Å². The number of hydrogen-bond donors (Lipinski definition) is 0. The molecule has 0 saturated carbocycles. The first-order valence-corrected chi connectivity index (χ1v) is 7.96. The largest absolute Gasteiger partial charge is 0.372 e. The van der Waals surface area contributed by atoms with Crippen LogP contribution in [0.4, 0.5) is 5.69 Å². The van der Waals surface area contributed by atoms with E-state index in [1.165, 1.54) is 0 Å². The van der Waals surface area contributed by atoms with Crippen molar-refractivity contribution < 1.29 is 14.3 Å². The van der Waals surface area contributed by atoms with Crippen molar-refractivity contribution in [3.8, 4) is 0 Å². The van der Waals surface area contributed by atoms with Gasteiger partial charge in [0.2, 0.25) is 11.8 Å². The van der Waals surface area contributed by atoms with Crippen molar-refractivity contribution in [2.24, 2.45) is 0 Å². The molecule has 2 aliphatic rings. The molecule has 0 bridgehead atoms. The van der Waals surface area contributed by atoms with Gasteiger partial charge in [0.15, 0.2) is 0 Å². The van der Waals surface area contributed by atoms with Crippen LogP contribution in [0.2, 0.25) is 0 Å². The SMILES string of the molecule is CCOCC(=O)N1CC[C@H]2[C@@H]1CCC(=O)N2c1ccccc1. The standard InChI is InChI=1S/C17H22N2O3/c1-2-22-12-17(21)18-11-10-15-14(18)8-9-16(20)19(15)13-6-4-3-5-7-13/h3-7,14-15H,2,8-12H2,1H3/t14-,15-/m0/s1. The highest BCUT2D eigenvalue weighted by atomic mass is 16.5. The number of amides is 2. The highest BCUT2D eigenvalue weighted by Gasteiger charge is 2.45. The van der Waals surface area contributed by atoms with Crippen LogP contribution in [0.3, 0.4) is 0 Å². The summed E-state index contributed by atoms with van der Waals surface area (Å²) in [4.78, 5) is 28.5. The van der Waals surface area contributed by atoms with Crippen molar-refractivity contribution in [3.63, 3.8) is 0 Å². The van der Waals surface area contributed by atoms with E-state index < -0.39 is 0 Å². The van der Waals surface area contributed by atoms with E-state index in [4.69, 9.17) is 4.74 Å². The minimum atomic E-state index is 0.0386. The predicted molar refractivity (Wildman–Crippen MR) is 83.6 cm³/mol. The summed E-state index contributed by atoms with van der Waals surface area (Å²) in [5, 5.41) is 0. The molecule has 2 amide bonds. The second kappa shape index (κ2) is 6.48. The number of carbonyl (C=O) groups excluding carboxylic acids is 2. The van der Waals surface area contributed by atoms with Gasteiger partial charge in [0.1, 0.15) is 6.61 Å². The van der Waals surface area contributed by atoms with E-state index in [1.807, 2.05) is 47.1 Å². The van der Waals surface area contributed by atoms with E-state index in [0.717, 1.165) is 18.5 Å². The fourth-order valence-electron chi connectivity index (χ4n) is 3.57. The topological polar surface area (TPSA) is 49.9 Å². The molecular formula is C17H22N2O3. The molecule has 118 valence electrons. The first-order valence-electron chi connectivity index (χ1n) is 7.96. The Labute approximate surface area is 130 Å². The predicted octanol–water partition coefficient (Wildman–Crippen LogP) is 1.82. The normalized spacial score (nSPS) is 24.5. The van der Waals surface area contributed by atoms with Gasteiger partial charge in [-0.05, 0) is 31.9 Å². The molecule has 1 aromatic carbocycles. The fourth-order valence-corrected chi connectivity index (χ4v) is 3.57. The van der Waals surface area contributed by atoms with E-state index in [1.54, 1.807) is 0 Å². The van der Waals surface area contributed by atoms with Crippen molar-refractivity contribution >= 4 is 17.5 Å². The monoisotopic (exact) mass is 302 g/mol. The smallest absolute Gasteiger partial charge is 0.248 e. The molecule has 2 aliphatic heterocycles. The van der Waals surface area contributed by atoms with Gasteiger partial charge in [0, 0.05) is 25.3 Å². The van der Waals surface area contributed by atoms with Gasteiger partial charge in [-0.1, -0.05) is 18.2 Å². The quantitative estimate of drug-likeness (QED) is 0.852. The van der Waals surface area contributed by atoms with E-state index in [-0.39, 0.29) is 30.5 Å². The molecule has 2 heterocycles. The number of fused-ring (bicyclic) bond motifs is 1. The summed E-state index contributed by atoms with van der Waals surface area (Å²) in [5.74, 6) is 0.197. The van der Waals surface area contributed by atoms with E-state index >= 15 is 0 Å². The van der Waals surface area contributed by atoms with Crippen molar-refractivity contribution in [3.05, 3.63) is 30.3 Å². The van der Waals surface area contributed by atoms with Crippen LogP contribution in [0, 0.1) is 0 Å². The van der Waals surface area contributed by atoms with Gasteiger partial charge < -0.3 is 14.5 Å². The van der Waals surface area contributed by atoms with Crippen LogP contribution in [0.25, 0.3) is 0 Å². The van der Waals surface area contributed by atoms with Crippen LogP contribution in [-0.4, -0.2) is 48.6 Å². The number of likely N-dealkylation sites (tertiary alicyclic amines) is 1. The summed E-state index contributed by atoms with van der Waals surface area (Å²) >= 11 is 0. The number of nitrogens with zero attached hydrogens (tertiary/aromatic N) is 2. The molecule has 5 nitrogen and oxygen atoms in total. The number of hydrogen-bond acceptors (Lipinski definition) is 3. The summed E-state index contributed by atoms with van der Waals surface area (Å²) in [6.45, 7) is 3.27. The lowest BCUT2D eigenvalue weighted by Gasteiger charge is -2.39. The lowest BCUT2D eigenvalue weighted by atomic mass is 9.95. The minimum absolute atomic E-state index is 0.0386. The highest BCUT2D eigenvalue weighted by molar-refractivity contribution is 5.95. The van der Waals surface area contributed by atoms with Crippen LogP contribution >= 0.6 is 0 Å². The van der Waals surface area contributed by atoms with Crippen LogP contribution in [0.1, 0.15) is 26.2 Å². The molecule has 2 saturated heterocycles. The van der Waals surface area contributed by atoms with Crippen LogP contribution in [0.15, 0.2) is 30.3 Å². The molecule has 1 aromatic rings. The zero-order valence-corrected chi connectivity index (χ0v) is 12.9. The third-order valence-electron chi connectivity index (χ3n) is 4.55. The summed E-state index contributed by atoms with van der Waals surface area (Å²) in [6, 6.07) is 9.97. The Bertz CT molecular complexity index is 546. The average Bonchev–Trinajstić information content (AvgIpc) is 2.97. The molecule has 0 unspecified atom stereocenters. The molecular weight excluding hydrogens is 280 g/mol. The third-order valence-corrected chi connectivity index (χ3v) is 4.55. The Balaban J connectivity index is 1.78. The van der Waals surface area contributed by atoms with Gasteiger partial charge >= 0.3 is 0 Å². The zero-order chi connectivity index (χ0) is 15.5. The van der Waals surface area contributed by atoms with Gasteiger partial charge in [-0.2, -0.15) is 0 Å². The number of anilines is 1. The Hall–Kier alpha value is -1.88. The molecule has 2 fully saturated rings. The lowest BCUT2D eigenvalue weighted by Crippen LogP contribution is -2.54. The number of rotatable bonds is 4. The molecule has 0 radical (unpaired) electrons. The zero-order valence-electron chi connectivity index (χ0n) is 12.9. The summed E-state index contributed by atoms with van der Waals surface area (Å²) < 4.78 is 5.25. The molecule has 5 heteroatoms. The molecule has 3 rings (SSSR count). The van der Waals surface area contributed by atoms with Gasteiger partial charge in [0.05, 0.1) is 12.1 Å². The molecule has 2 atom stereocenters. The first-order chi connectivity index (χ1) is 10.7. The number of benzene rings is 1. The maximum absolute atomic E-state index is 12.4. The number of para-hydroxylation sites is 1. The lowest BCUT2D eigenvalue weighted by molar-refractivity contribution is -0.138. The maximum atomic E-state index is 12.4. The van der Waals surface area contributed by atoms with E-state index in [9.17, 15) is 9.59 Å². The molecule has 0 N–H and O–H groups in total. The van der Waals surface area contributed by atoms with E-state index in [2.05, 4.69) is 0 Å². The summed E-state index contributed by atoms with van der Waals surface area (Å²) in [7, 11) is 0. The molecule has 0 aromatic heterocycles. The van der Waals surface area contributed by atoms with Crippen LogP contribution < -0.4 is 4.90 Å². The van der Waals surface area contributed by atoms with Gasteiger partial charge in [-0.15, -0.1) is 0 Å². The first kappa shape index (κ1) is 15.0. The van der Waals surface area contributed by atoms with Crippen molar-refractivity contribution in [1.29, 1.82) is 0 Å². The Morgan fingerprint density at radius 3 is 2.73 bits per heavy atom. The van der Waals surface area contributed by atoms with Crippen LogP contribution in [0.5, 0.6) is 0 Å². The summed E-state index contributed by atoms with van der Waals surface area (Å²) in [5.41, 5.74) is 0.932.